The molecule has 2 aromatic rings. The van der Waals surface area contributed by atoms with E-state index in [1.807, 2.05) is 25.1 Å². The Balaban J connectivity index is 1.88. The summed E-state index contributed by atoms with van der Waals surface area (Å²) in [6.07, 6.45) is 2.82. The third kappa shape index (κ3) is 5.27. The molecule has 7 nitrogen and oxygen atoms in total. The lowest BCUT2D eigenvalue weighted by Gasteiger charge is -2.15. The number of nitrogens with zero attached hydrogens (tertiary/aromatic N) is 2. The minimum absolute atomic E-state index is 0.118. The van der Waals surface area contributed by atoms with Gasteiger partial charge in [-0.05, 0) is 37.0 Å². The lowest BCUT2D eigenvalue weighted by Crippen LogP contribution is -2.44. The molecule has 7 heteroatoms. The molecule has 0 aliphatic rings. The van der Waals surface area contributed by atoms with Crippen LogP contribution in [0.25, 0.3) is 0 Å². The Morgan fingerprint density at radius 2 is 1.88 bits per heavy atom. The minimum atomic E-state index is -0.542. The van der Waals surface area contributed by atoms with Gasteiger partial charge in [-0.2, -0.15) is 0 Å². The van der Waals surface area contributed by atoms with Crippen LogP contribution >= 0.6 is 0 Å². The topological polar surface area (TPSA) is 93.2 Å². The fraction of sp³-hybridized carbons (Fsp3) is 0.333. The normalized spacial score (nSPS) is 10.4. The van der Waals surface area contributed by atoms with Gasteiger partial charge in [0.2, 0.25) is 0 Å². The number of ether oxygens (including phenoxy) is 1. The Morgan fingerprint density at radius 1 is 1.12 bits per heavy atom. The molecule has 0 radical (unpaired) electrons. The number of hydrazine groups is 1. The second-order valence-electron chi connectivity index (χ2n) is 6.03. The molecular weight excluding hydrogens is 320 g/mol. The smallest absolute Gasteiger partial charge is 0.289 e. The van der Waals surface area contributed by atoms with Gasteiger partial charge in [0, 0.05) is 6.20 Å². The van der Waals surface area contributed by atoms with E-state index in [1.54, 1.807) is 6.92 Å². The van der Waals surface area contributed by atoms with Crippen molar-refractivity contribution in [2.45, 2.75) is 33.6 Å². The lowest BCUT2D eigenvalue weighted by atomic mass is 10.0. The first-order valence-corrected chi connectivity index (χ1v) is 7.98. The molecule has 2 amide bonds. The molecular formula is C18H22N4O3. The van der Waals surface area contributed by atoms with E-state index in [4.69, 9.17) is 4.74 Å². The number of benzene rings is 1. The average Bonchev–Trinajstić information content (AvgIpc) is 2.58. The molecule has 1 aromatic heterocycles. The van der Waals surface area contributed by atoms with Crippen molar-refractivity contribution in [3.63, 3.8) is 0 Å². The average molecular weight is 342 g/mol. The summed E-state index contributed by atoms with van der Waals surface area (Å²) >= 11 is 0. The van der Waals surface area contributed by atoms with Gasteiger partial charge in [0.1, 0.15) is 11.4 Å². The summed E-state index contributed by atoms with van der Waals surface area (Å²) in [5.74, 6) is -0.0664. The predicted octanol–water partition coefficient (Wildman–Crippen LogP) is 2.06. The Kier molecular flexibility index (Phi) is 6.05. The molecule has 0 atom stereocenters. The van der Waals surface area contributed by atoms with Crippen LogP contribution < -0.4 is 15.6 Å². The van der Waals surface area contributed by atoms with Gasteiger partial charge in [0.05, 0.1) is 11.9 Å². The highest BCUT2D eigenvalue weighted by atomic mass is 16.5. The summed E-state index contributed by atoms with van der Waals surface area (Å²) in [4.78, 5) is 31.6. The fourth-order valence-electron chi connectivity index (χ4n) is 2.12. The van der Waals surface area contributed by atoms with Crippen molar-refractivity contribution in [1.82, 2.24) is 20.8 Å². The minimum Gasteiger partial charge on any atom is -0.483 e. The first kappa shape index (κ1) is 18.4. The number of nitrogens with one attached hydrogen (secondary N) is 2. The summed E-state index contributed by atoms with van der Waals surface area (Å²) < 4.78 is 5.60. The van der Waals surface area contributed by atoms with Crippen LogP contribution in [-0.2, 0) is 4.79 Å². The van der Waals surface area contributed by atoms with Crippen molar-refractivity contribution in [3.8, 4) is 5.75 Å². The maximum atomic E-state index is 11.9. The maximum absolute atomic E-state index is 11.9. The predicted molar refractivity (Wildman–Crippen MR) is 93.1 cm³/mol. The summed E-state index contributed by atoms with van der Waals surface area (Å²) in [6, 6.07) is 5.89. The second kappa shape index (κ2) is 8.23. The maximum Gasteiger partial charge on any atom is 0.289 e. The van der Waals surface area contributed by atoms with Gasteiger partial charge in [0.25, 0.3) is 11.8 Å². The summed E-state index contributed by atoms with van der Waals surface area (Å²) in [5, 5.41) is 0. The standard InChI is InChI=1S/C18H22N4O3/c1-11(2)14-6-5-12(3)7-16(14)25-10-17(23)21-22-18(24)15-9-19-13(4)8-20-15/h5-9,11H,10H2,1-4H3,(H,21,23)(H,22,24). The Hall–Kier alpha value is -2.96. The number of hydrogen-bond acceptors (Lipinski definition) is 5. The van der Waals surface area contributed by atoms with Crippen LogP contribution in [0.2, 0.25) is 0 Å². The highest BCUT2D eigenvalue weighted by Crippen LogP contribution is 2.27. The SMILES string of the molecule is Cc1ccc(C(C)C)c(OCC(=O)NNC(=O)c2cnc(C)cn2)c1. The highest BCUT2D eigenvalue weighted by Gasteiger charge is 2.12. The van der Waals surface area contributed by atoms with E-state index in [9.17, 15) is 9.59 Å². The zero-order valence-corrected chi connectivity index (χ0v) is 14.8. The van der Waals surface area contributed by atoms with E-state index < -0.39 is 11.8 Å². The molecule has 0 aliphatic heterocycles. The first-order chi connectivity index (χ1) is 11.9. The van der Waals surface area contributed by atoms with Crippen LogP contribution in [0, 0.1) is 13.8 Å². The van der Waals surface area contributed by atoms with Gasteiger partial charge in [-0.3, -0.25) is 25.4 Å². The quantitative estimate of drug-likeness (QED) is 0.811. The van der Waals surface area contributed by atoms with Crippen molar-refractivity contribution < 1.29 is 14.3 Å². The van der Waals surface area contributed by atoms with Gasteiger partial charge < -0.3 is 4.74 Å². The molecule has 0 unspecified atom stereocenters. The number of rotatable bonds is 5. The second-order valence-corrected chi connectivity index (χ2v) is 6.03. The zero-order valence-electron chi connectivity index (χ0n) is 14.8. The summed E-state index contributed by atoms with van der Waals surface area (Å²) in [6.45, 7) is 7.63. The van der Waals surface area contributed by atoms with Crippen molar-refractivity contribution >= 4 is 11.8 Å². The molecule has 2 N–H and O–H groups in total. The van der Waals surface area contributed by atoms with Crippen LogP contribution in [-0.4, -0.2) is 28.4 Å². The third-order valence-electron chi connectivity index (χ3n) is 3.48. The number of carbonyl (C=O) groups is 2. The molecule has 0 aliphatic carbocycles. The van der Waals surface area contributed by atoms with Gasteiger partial charge >= 0.3 is 0 Å². The Morgan fingerprint density at radius 3 is 2.52 bits per heavy atom. The molecule has 25 heavy (non-hydrogen) atoms. The molecule has 132 valence electrons. The largest absolute Gasteiger partial charge is 0.483 e. The van der Waals surface area contributed by atoms with E-state index in [0.717, 1.165) is 11.1 Å². The fourth-order valence-corrected chi connectivity index (χ4v) is 2.12. The Bertz CT molecular complexity index is 757. The van der Waals surface area contributed by atoms with E-state index in [2.05, 4.69) is 34.7 Å². The highest BCUT2D eigenvalue weighted by molar-refractivity contribution is 5.93. The van der Waals surface area contributed by atoms with Crippen LogP contribution in [0.1, 0.15) is 47.1 Å². The molecule has 2 rings (SSSR count). The monoisotopic (exact) mass is 342 g/mol. The van der Waals surface area contributed by atoms with Crippen LogP contribution in [0.4, 0.5) is 0 Å². The van der Waals surface area contributed by atoms with Crippen molar-refractivity contribution in [2.24, 2.45) is 0 Å². The van der Waals surface area contributed by atoms with Crippen molar-refractivity contribution in [2.75, 3.05) is 6.61 Å². The molecule has 0 saturated carbocycles. The molecule has 0 saturated heterocycles. The molecule has 0 spiro atoms. The molecule has 1 heterocycles. The van der Waals surface area contributed by atoms with E-state index >= 15 is 0 Å². The Labute approximate surface area is 146 Å². The van der Waals surface area contributed by atoms with Crippen molar-refractivity contribution in [3.05, 3.63) is 53.1 Å². The molecule has 0 bridgehead atoms. The van der Waals surface area contributed by atoms with Gasteiger partial charge in [-0.25, -0.2) is 4.98 Å². The zero-order chi connectivity index (χ0) is 18.4. The van der Waals surface area contributed by atoms with E-state index in [-0.39, 0.29) is 18.2 Å². The number of aryl methyl sites for hydroxylation is 2. The van der Waals surface area contributed by atoms with Crippen LogP contribution in [0.3, 0.4) is 0 Å². The molecule has 1 aromatic carbocycles. The van der Waals surface area contributed by atoms with Crippen LogP contribution in [0.15, 0.2) is 30.6 Å². The van der Waals surface area contributed by atoms with Gasteiger partial charge in [-0.1, -0.05) is 26.0 Å². The number of carbonyl (C=O) groups excluding carboxylic acids is 2. The van der Waals surface area contributed by atoms with E-state index in [0.29, 0.717) is 11.4 Å². The van der Waals surface area contributed by atoms with Crippen LogP contribution in [0.5, 0.6) is 5.75 Å². The third-order valence-corrected chi connectivity index (χ3v) is 3.48. The van der Waals surface area contributed by atoms with Gasteiger partial charge in [0.15, 0.2) is 6.61 Å². The molecule has 0 fully saturated rings. The number of amides is 2. The summed E-state index contributed by atoms with van der Waals surface area (Å²) in [7, 11) is 0. The lowest BCUT2D eigenvalue weighted by molar-refractivity contribution is -0.123. The van der Waals surface area contributed by atoms with Crippen molar-refractivity contribution in [1.29, 1.82) is 0 Å². The van der Waals surface area contributed by atoms with Gasteiger partial charge in [-0.15, -0.1) is 0 Å². The van der Waals surface area contributed by atoms with E-state index in [1.165, 1.54) is 12.4 Å². The summed E-state index contributed by atoms with van der Waals surface area (Å²) in [5.41, 5.74) is 7.47. The first-order valence-electron chi connectivity index (χ1n) is 7.98. The number of hydrogen-bond donors (Lipinski definition) is 2. The number of aromatic nitrogens is 2.